The van der Waals surface area contributed by atoms with Crippen molar-refractivity contribution in [3.63, 3.8) is 0 Å². The van der Waals surface area contributed by atoms with Crippen molar-refractivity contribution in [1.29, 1.82) is 0 Å². The molecule has 1 heterocycles. The van der Waals surface area contributed by atoms with Gasteiger partial charge in [-0.05, 0) is 13.0 Å². The van der Waals surface area contributed by atoms with Crippen molar-refractivity contribution in [2.75, 3.05) is 13.2 Å². The van der Waals surface area contributed by atoms with Gasteiger partial charge in [0.05, 0.1) is 13.2 Å². The normalized spacial score (nSPS) is 24.6. The largest absolute Gasteiger partial charge is 0.378 e. The minimum Gasteiger partial charge on any atom is -0.378 e. The molecule has 1 fully saturated rings. The van der Waals surface area contributed by atoms with E-state index in [-0.39, 0.29) is 11.8 Å². The van der Waals surface area contributed by atoms with Crippen LogP contribution in [0, 0.1) is 0 Å². The molecule has 1 N–H and O–H groups in total. The molecule has 2 rings (SSSR count). The molecule has 1 aliphatic rings. The van der Waals surface area contributed by atoms with Gasteiger partial charge >= 0.3 is 0 Å². The lowest BCUT2D eigenvalue weighted by atomic mass is 10.0. The van der Waals surface area contributed by atoms with Crippen molar-refractivity contribution in [2.45, 2.75) is 25.4 Å². The van der Waals surface area contributed by atoms with Crippen molar-refractivity contribution in [3.8, 4) is 0 Å². The first-order valence-electron chi connectivity index (χ1n) is 5.78. The van der Waals surface area contributed by atoms with Crippen LogP contribution in [0.25, 0.3) is 0 Å². The van der Waals surface area contributed by atoms with Crippen molar-refractivity contribution in [2.24, 2.45) is 0 Å². The maximum atomic E-state index is 12.1. The Kier molecular flexibility index (Phi) is 4.31. The maximum Gasteiger partial charge on any atom is 0.165 e. The predicted octanol–water partition coefficient (Wildman–Crippen LogP) is 2.40. The summed E-state index contributed by atoms with van der Waals surface area (Å²) >= 11 is 3.40. The van der Waals surface area contributed by atoms with Gasteiger partial charge in [0.15, 0.2) is 5.78 Å². The van der Waals surface area contributed by atoms with E-state index in [9.17, 15) is 4.79 Å². The molecule has 1 aromatic rings. The van der Waals surface area contributed by atoms with Crippen LogP contribution in [0.5, 0.6) is 0 Å². The molecule has 1 aromatic carbocycles. The summed E-state index contributed by atoms with van der Waals surface area (Å²) < 4.78 is 6.29. The number of ketones is 1. The highest BCUT2D eigenvalue weighted by molar-refractivity contribution is 9.10. The van der Waals surface area contributed by atoms with Gasteiger partial charge in [0.25, 0.3) is 0 Å². The number of nitrogens with one attached hydrogen (secondary N) is 1. The van der Waals surface area contributed by atoms with Crippen molar-refractivity contribution in [3.05, 3.63) is 34.3 Å². The lowest BCUT2D eigenvalue weighted by Gasteiger charge is -2.28. The van der Waals surface area contributed by atoms with Gasteiger partial charge in [-0.15, -0.1) is 0 Å². The first kappa shape index (κ1) is 12.7. The van der Waals surface area contributed by atoms with Crippen molar-refractivity contribution < 1.29 is 9.53 Å². The lowest BCUT2D eigenvalue weighted by Crippen LogP contribution is -2.48. The van der Waals surface area contributed by atoms with Crippen LogP contribution < -0.4 is 5.32 Å². The lowest BCUT2D eigenvalue weighted by molar-refractivity contribution is 0.0463. The number of rotatable bonds is 3. The standard InChI is InChI=1S/C13H16BrNO2/c1-9-7-17-8-10(15-9)6-13(16)11-4-2-3-5-12(11)14/h2-5,9-10,15H,6-8H2,1H3. The Morgan fingerprint density at radius 3 is 2.94 bits per heavy atom. The SMILES string of the molecule is CC1COCC(CC(=O)c2ccccc2Br)N1. The van der Waals surface area contributed by atoms with Crippen LogP contribution in [0.2, 0.25) is 0 Å². The molecule has 92 valence electrons. The van der Waals surface area contributed by atoms with Gasteiger partial charge in [-0.3, -0.25) is 4.79 Å². The summed E-state index contributed by atoms with van der Waals surface area (Å²) in [5.41, 5.74) is 0.743. The van der Waals surface area contributed by atoms with Gasteiger partial charge < -0.3 is 10.1 Å². The summed E-state index contributed by atoms with van der Waals surface area (Å²) in [6.07, 6.45) is 0.479. The quantitative estimate of drug-likeness (QED) is 0.871. The van der Waals surface area contributed by atoms with Gasteiger partial charge in [-0.1, -0.05) is 34.1 Å². The van der Waals surface area contributed by atoms with Crippen LogP contribution in [-0.2, 0) is 4.74 Å². The third-order valence-corrected chi connectivity index (χ3v) is 3.50. The summed E-state index contributed by atoms with van der Waals surface area (Å²) in [6.45, 7) is 3.40. The Morgan fingerprint density at radius 1 is 1.47 bits per heavy atom. The molecular weight excluding hydrogens is 282 g/mol. The number of morpholine rings is 1. The highest BCUT2D eigenvalue weighted by Gasteiger charge is 2.22. The Morgan fingerprint density at radius 2 is 2.24 bits per heavy atom. The summed E-state index contributed by atoms with van der Waals surface area (Å²) in [5, 5.41) is 3.38. The Hall–Kier alpha value is -0.710. The molecule has 4 heteroatoms. The first-order valence-corrected chi connectivity index (χ1v) is 6.57. The highest BCUT2D eigenvalue weighted by Crippen LogP contribution is 2.18. The average molecular weight is 298 g/mol. The van der Waals surface area contributed by atoms with E-state index in [1.807, 2.05) is 24.3 Å². The summed E-state index contributed by atoms with van der Waals surface area (Å²) in [4.78, 5) is 12.1. The molecule has 0 radical (unpaired) electrons. The van der Waals surface area contributed by atoms with Gasteiger partial charge in [-0.2, -0.15) is 0 Å². The molecular formula is C13H16BrNO2. The van der Waals surface area contributed by atoms with Gasteiger partial charge in [0, 0.05) is 28.5 Å². The number of benzene rings is 1. The van der Waals surface area contributed by atoms with E-state index in [0.717, 1.165) is 16.6 Å². The molecule has 3 nitrogen and oxygen atoms in total. The number of carbonyl (C=O) groups is 1. The van der Waals surface area contributed by atoms with Crippen molar-refractivity contribution in [1.82, 2.24) is 5.32 Å². The van der Waals surface area contributed by atoms with E-state index < -0.39 is 0 Å². The Balaban J connectivity index is 1.99. The van der Waals surface area contributed by atoms with Crippen LogP contribution >= 0.6 is 15.9 Å². The molecule has 1 aliphatic heterocycles. The summed E-state index contributed by atoms with van der Waals surface area (Å²) in [7, 11) is 0. The van der Waals surface area contributed by atoms with E-state index in [1.54, 1.807) is 0 Å². The smallest absolute Gasteiger partial charge is 0.165 e. The van der Waals surface area contributed by atoms with E-state index >= 15 is 0 Å². The van der Waals surface area contributed by atoms with Crippen LogP contribution in [0.1, 0.15) is 23.7 Å². The van der Waals surface area contributed by atoms with E-state index in [2.05, 4.69) is 28.2 Å². The topological polar surface area (TPSA) is 38.3 Å². The zero-order valence-corrected chi connectivity index (χ0v) is 11.4. The summed E-state index contributed by atoms with van der Waals surface area (Å²) in [6, 6.07) is 7.97. The predicted molar refractivity (Wildman–Crippen MR) is 70.3 cm³/mol. The molecule has 2 atom stereocenters. The monoisotopic (exact) mass is 297 g/mol. The van der Waals surface area contributed by atoms with Gasteiger partial charge in [0.2, 0.25) is 0 Å². The Bertz CT molecular complexity index is 408. The second kappa shape index (κ2) is 5.76. The fraction of sp³-hybridized carbons (Fsp3) is 0.462. The first-order chi connectivity index (χ1) is 8.16. The molecule has 0 aromatic heterocycles. The minimum atomic E-state index is 0.123. The average Bonchev–Trinajstić information content (AvgIpc) is 2.29. The number of halogens is 1. The van der Waals surface area contributed by atoms with Crippen LogP contribution in [0.4, 0.5) is 0 Å². The fourth-order valence-corrected chi connectivity index (χ4v) is 2.53. The number of hydrogen-bond acceptors (Lipinski definition) is 3. The second-order valence-electron chi connectivity index (χ2n) is 4.41. The van der Waals surface area contributed by atoms with E-state index in [0.29, 0.717) is 19.1 Å². The van der Waals surface area contributed by atoms with Crippen molar-refractivity contribution >= 4 is 21.7 Å². The second-order valence-corrected chi connectivity index (χ2v) is 5.26. The van der Waals surface area contributed by atoms with E-state index in [4.69, 9.17) is 4.74 Å². The molecule has 2 unspecified atom stereocenters. The molecule has 0 saturated carbocycles. The molecule has 17 heavy (non-hydrogen) atoms. The number of carbonyl (C=O) groups excluding carboxylic acids is 1. The molecule has 0 spiro atoms. The fourth-order valence-electron chi connectivity index (χ4n) is 2.02. The molecule has 0 amide bonds. The van der Waals surface area contributed by atoms with Crippen LogP contribution in [0.3, 0.4) is 0 Å². The van der Waals surface area contributed by atoms with Crippen LogP contribution in [-0.4, -0.2) is 31.1 Å². The maximum absolute atomic E-state index is 12.1. The zero-order chi connectivity index (χ0) is 12.3. The number of ether oxygens (including phenoxy) is 1. The molecule has 0 bridgehead atoms. The summed E-state index contributed by atoms with van der Waals surface area (Å²) in [5.74, 6) is 0.146. The Labute approximate surface area is 110 Å². The third kappa shape index (κ3) is 3.37. The third-order valence-electron chi connectivity index (χ3n) is 2.81. The minimum absolute atomic E-state index is 0.123. The highest BCUT2D eigenvalue weighted by atomic mass is 79.9. The van der Waals surface area contributed by atoms with Crippen LogP contribution in [0.15, 0.2) is 28.7 Å². The zero-order valence-electron chi connectivity index (χ0n) is 9.78. The number of hydrogen-bond donors (Lipinski definition) is 1. The van der Waals surface area contributed by atoms with Gasteiger partial charge in [0.1, 0.15) is 0 Å². The molecule has 0 aliphatic carbocycles. The molecule has 1 saturated heterocycles. The number of Topliss-reactive ketones (excluding diaryl/α,β-unsaturated/α-hetero) is 1. The van der Waals surface area contributed by atoms with E-state index in [1.165, 1.54) is 0 Å². The van der Waals surface area contributed by atoms with Gasteiger partial charge in [-0.25, -0.2) is 0 Å².